The fourth-order valence-corrected chi connectivity index (χ4v) is 3.77. The number of imide groups is 1. The van der Waals surface area contributed by atoms with Crippen LogP contribution in [-0.2, 0) is 19.2 Å². The average molecular weight is 453 g/mol. The van der Waals surface area contributed by atoms with Gasteiger partial charge in [-0.05, 0) is 12.0 Å². The molecule has 0 saturated heterocycles. The molecule has 0 unspecified atom stereocenters. The summed E-state index contributed by atoms with van der Waals surface area (Å²) in [5.74, 6) is -3.02. The predicted molar refractivity (Wildman–Crippen MR) is 124 cm³/mol. The van der Waals surface area contributed by atoms with Crippen molar-refractivity contribution < 1.29 is 24.3 Å². The zero-order valence-corrected chi connectivity index (χ0v) is 18.8. The van der Waals surface area contributed by atoms with Gasteiger partial charge < -0.3 is 9.94 Å². The Morgan fingerprint density at radius 2 is 1.82 bits per heavy atom. The Hall–Kier alpha value is -3.40. The summed E-state index contributed by atoms with van der Waals surface area (Å²) in [6.07, 6.45) is -0.156. The van der Waals surface area contributed by atoms with Crippen molar-refractivity contribution in [1.82, 2.24) is 5.48 Å². The van der Waals surface area contributed by atoms with E-state index in [2.05, 4.69) is 10.5 Å². The van der Waals surface area contributed by atoms with Crippen LogP contribution in [0.4, 0.5) is 5.69 Å². The number of carboxylic acid groups (broad SMARTS) is 1. The molecular weight excluding hydrogens is 424 g/mol. The minimum atomic E-state index is -2.20. The van der Waals surface area contributed by atoms with Crippen LogP contribution in [0.3, 0.4) is 0 Å². The molecule has 3 rings (SSSR count). The van der Waals surface area contributed by atoms with Gasteiger partial charge in [-0.15, -0.1) is 0 Å². The molecule has 0 spiro atoms. The second kappa shape index (κ2) is 10.0. The highest BCUT2D eigenvalue weighted by atomic mass is 16.6. The molecule has 0 fully saturated rings. The van der Waals surface area contributed by atoms with Crippen LogP contribution < -0.4 is 16.1 Å². The molecule has 9 nitrogen and oxygen atoms in total. The molecule has 2 aromatic rings. The summed E-state index contributed by atoms with van der Waals surface area (Å²) in [7, 11) is 1.38. The summed E-state index contributed by atoms with van der Waals surface area (Å²) in [4.78, 5) is 49.6. The summed E-state index contributed by atoms with van der Waals surface area (Å²) in [6, 6.07) is 14.9. The van der Waals surface area contributed by atoms with Gasteiger partial charge in [-0.1, -0.05) is 68.8 Å². The number of hydrogen-bond donors (Lipinski definition) is 3. The van der Waals surface area contributed by atoms with Crippen LogP contribution in [0.15, 0.2) is 59.6 Å². The number of nitrogens with one attached hydrogen (secondary N) is 1. The molecule has 9 heteroatoms. The maximum absolute atomic E-state index is 13.7. The van der Waals surface area contributed by atoms with Gasteiger partial charge in [0.1, 0.15) is 6.04 Å². The van der Waals surface area contributed by atoms with E-state index in [9.17, 15) is 19.5 Å². The number of rotatable bonds is 8. The van der Waals surface area contributed by atoms with Crippen LogP contribution in [0, 0.1) is 5.92 Å². The normalized spacial score (nSPS) is 19.8. The number of para-hydroxylation sites is 1. The molecule has 1 heterocycles. The number of anilines is 1. The number of aliphatic carboxylic acids is 1. The van der Waals surface area contributed by atoms with Crippen LogP contribution in [0.1, 0.15) is 37.8 Å². The zero-order valence-electron chi connectivity index (χ0n) is 18.8. The molecule has 0 aromatic heterocycles. The first-order valence-electron chi connectivity index (χ1n) is 10.7. The lowest BCUT2D eigenvalue weighted by Crippen LogP contribution is -2.60. The number of amides is 2. The maximum Gasteiger partial charge on any atom is 0.307 e. The van der Waals surface area contributed by atoms with Crippen molar-refractivity contribution in [2.24, 2.45) is 16.6 Å². The summed E-state index contributed by atoms with van der Waals surface area (Å²) >= 11 is 0. The largest absolute Gasteiger partial charge is 0.481 e. The fourth-order valence-electron chi connectivity index (χ4n) is 3.77. The first-order valence-corrected chi connectivity index (χ1v) is 10.7. The average Bonchev–Trinajstić information content (AvgIpc) is 2.89. The molecule has 1 aliphatic heterocycles. The van der Waals surface area contributed by atoms with Crippen molar-refractivity contribution in [2.45, 2.75) is 38.4 Å². The van der Waals surface area contributed by atoms with E-state index in [1.54, 1.807) is 48.5 Å². The van der Waals surface area contributed by atoms with E-state index in [4.69, 9.17) is 10.6 Å². The number of carbonyl (C=O) groups excluding carboxylic acids is 2. The Bertz CT molecular complexity index is 1070. The molecule has 33 heavy (non-hydrogen) atoms. The molecule has 2 amide bonds. The van der Waals surface area contributed by atoms with Crippen LogP contribution >= 0.6 is 0 Å². The van der Waals surface area contributed by atoms with Gasteiger partial charge in [-0.25, -0.2) is 4.90 Å². The summed E-state index contributed by atoms with van der Waals surface area (Å²) in [5, 5.41) is 9.52. The minimum Gasteiger partial charge on any atom is -0.481 e. The summed E-state index contributed by atoms with van der Waals surface area (Å²) < 4.78 is 0. The van der Waals surface area contributed by atoms with Crippen molar-refractivity contribution in [3.63, 3.8) is 0 Å². The van der Waals surface area contributed by atoms with Crippen molar-refractivity contribution in [1.29, 1.82) is 0 Å². The van der Waals surface area contributed by atoms with Crippen molar-refractivity contribution in [3.05, 3.63) is 65.7 Å². The van der Waals surface area contributed by atoms with Crippen molar-refractivity contribution in [2.75, 3.05) is 12.0 Å². The van der Waals surface area contributed by atoms with Gasteiger partial charge in [-0.3, -0.25) is 25.1 Å². The van der Waals surface area contributed by atoms with E-state index in [0.29, 0.717) is 23.3 Å². The molecule has 1 aliphatic rings. The molecule has 4 N–H and O–H groups in total. The summed E-state index contributed by atoms with van der Waals surface area (Å²) in [6.45, 7) is 3.76. The summed E-state index contributed by atoms with van der Waals surface area (Å²) in [5.41, 5.74) is 8.58. The van der Waals surface area contributed by atoms with E-state index >= 15 is 0 Å². The maximum atomic E-state index is 13.7. The number of carbonyl (C=O) groups is 3. The number of nitrogens with zero attached hydrogens (tertiary/aromatic N) is 2. The number of benzene rings is 2. The van der Waals surface area contributed by atoms with Crippen LogP contribution in [-0.4, -0.2) is 47.4 Å². The zero-order chi connectivity index (χ0) is 24.2. The van der Waals surface area contributed by atoms with Crippen LogP contribution in [0.5, 0.6) is 0 Å². The number of benzodiazepines with no additional fused rings is 1. The van der Waals surface area contributed by atoms with Crippen LogP contribution in [0.25, 0.3) is 0 Å². The first kappa shape index (κ1) is 24.2. The van der Waals surface area contributed by atoms with Gasteiger partial charge in [0.05, 0.1) is 24.9 Å². The second-order valence-electron chi connectivity index (χ2n) is 8.00. The highest BCUT2D eigenvalue weighted by Gasteiger charge is 2.47. The standard InChI is InChI=1S/C24H28N4O5/c1-4-15(2)20(27-33-3)22(31)28-18-13-9-8-12-17(18)21(16-10-6-5-7-11-16)26-24(25,23(28)32)14-19(29)30/h5-13,15,20,27H,4,14,25H2,1-3H3,(H,29,30)/t15-,20-,24+/m0/s1. The fraction of sp³-hybridized carbons (Fsp3) is 0.333. The topological polar surface area (TPSA) is 134 Å². The highest BCUT2D eigenvalue weighted by Crippen LogP contribution is 2.33. The number of hydrogen-bond acceptors (Lipinski definition) is 7. The molecule has 3 atom stereocenters. The lowest BCUT2D eigenvalue weighted by molar-refractivity contribution is -0.142. The molecule has 0 radical (unpaired) electrons. The third kappa shape index (κ3) is 4.85. The minimum absolute atomic E-state index is 0.193. The van der Waals surface area contributed by atoms with Gasteiger partial charge >= 0.3 is 5.97 Å². The molecule has 174 valence electrons. The van der Waals surface area contributed by atoms with E-state index in [1.165, 1.54) is 7.11 Å². The van der Waals surface area contributed by atoms with Crippen molar-refractivity contribution in [3.8, 4) is 0 Å². The SMILES string of the molecule is CC[C@H](C)[C@H](NOC)C(=O)N1C(=O)[C@@](N)(CC(=O)O)N=C(c2ccccc2)c2ccccc21. The van der Waals surface area contributed by atoms with E-state index < -0.39 is 35.9 Å². The van der Waals surface area contributed by atoms with E-state index in [-0.39, 0.29) is 11.6 Å². The quantitative estimate of drug-likeness (QED) is 0.522. The Morgan fingerprint density at radius 1 is 1.18 bits per heavy atom. The van der Waals surface area contributed by atoms with Gasteiger partial charge in [0.25, 0.3) is 11.8 Å². The first-order chi connectivity index (χ1) is 15.7. The lowest BCUT2D eigenvalue weighted by Gasteiger charge is -2.32. The number of carboxylic acids is 1. The number of aliphatic imine (C=N–C) groups is 1. The third-order valence-corrected chi connectivity index (χ3v) is 5.70. The van der Waals surface area contributed by atoms with E-state index in [0.717, 1.165) is 4.90 Å². The number of hydroxylamine groups is 1. The van der Waals surface area contributed by atoms with E-state index in [1.807, 2.05) is 19.9 Å². The van der Waals surface area contributed by atoms with Crippen molar-refractivity contribution >= 4 is 29.2 Å². The predicted octanol–water partition coefficient (Wildman–Crippen LogP) is 2.09. The second-order valence-corrected chi connectivity index (χ2v) is 8.00. The van der Waals surface area contributed by atoms with Gasteiger partial charge in [-0.2, -0.15) is 5.48 Å². The molecule has 0 bridgehead atoms. The van der Waals surface area contributed by atoms with Gasteiger partial charge in [0.2, 0.25) is 0 Å². The number of nitrogens with two attached hydrogens (primary N) is 1. The Balaban J connectivity index is 2.27. The third-order valence-electron chi connectivity index (χ3n) is 5.70. The smallest absolute Gasteiger partial charge is 0.307 e. The molecular formula is C24H28N4O5. The number of fused-ring (bicyclic) bond motifs is 1. The Labute approximate surface area is 192 Å². The monoisotopic (exact) mass is 452 g/mol. The van der Waals surface area contributed by atoms with Gasteiger partial charge in [0, 0.05) is 11.1 Å². The van der Waals surface area contributed by atoms with Crippen LogP contribution in [0.2, 0.25) is 0 Å². The Kier molecular flexibility index (Phi) is 7.37. The molecule has 0 aliphatic carbocycles. The highest BCUT2D eigenvalue weighted by molar-refractivity contribution is 6.27. The molecule has 0 saturated carbocycles. The van der Waals surface area contributed by atoms with Gasteiger partial charge in [0.15, 0.2) is 5.66 Å². The Morgan fingerprint density at radius 3 is 2.42 bits per heavy atom. The lowest BCUT2D eigenvalue weighted by atomic mass is 9.96. The molecule has 2 aromatic carbocycles.